The number of hydrogen-bond acceptors (Lipinski definition) is 4. The van der Waals surface area contributed by atoms with Gasteiger partial charge in [-0.3, -0.25) is 4.79 Å². The number of sulfonamides is 1. The topological polar surface area (TPSA) is 57.7 Å². The van der Waals surface area contributed by atoms with Crippen LogP contribution in [-0.2, 0) is 14.8 Å². The fourth-order valence-electron chi connectivity index (χ4n) is 3.58. The van der Waals surface area contributed by atoms with Crippen molar-refractivity contribution in [3.05, 3.63) is 17.5 Å². The number of rotatable bonds is 3. The van der Waals surface area contributed by atoms with Crippen LogP contribution in [0.3, 0.4) is 0 Å². The summed E-state index contributed by atoms with van der Waals surface area (Å²) < 4.78 is 65.4. The van der Waals surface area contributed by atoms with Crippen molar-refractivity contribution in [2.24, 2.45) is 11.8 Å². The molecule has 0 bridgehead atoms. The number of halogens is 3. The molecular weight excluding hydrogens is 389 g/mol. The number of alkyl halides is 3. The Morgan fingerprint density at radius 1 is 1.15 bits per heavy atom. The Bertz CT molecular complexity index is 726. The van der Waals surface area contributed by atoms with Crippen LogP contribution in [0.4, 0.5) is 13.2 Å². The lowest BCUT2D eigenvalue weighted by Gasteiger charge is -2.37. The van der Waals surface area contributed by atoms with Gasteiger partial charge in [-0.15, -0.1) is 11.3 Å². The van der Waals surface area contributed by atoms with Crippen LogP contribution in [0.25, 0.3) is 0 Å². The molecule has 1 aromatic heterocycles. The predicted octanol–water partition coefficient (Wildman–Crippen LogP) is 2.95. The maximum absolute atomic E-state index is 12.9. The van der Waals surface area contributed by atoms with Crippen molar-refractivity contribution in [1.82, 2.24) is 9.21 Å². The average molecular weight is 410 g/mol. The molecule has 5 nitrogen and oxygen atoms in total. The second-order valence-electron chi connectivity index (χ2n) is 6.78. The van der Waals surface area contributed by atoms with E-state index in [-0.39, 0.29) is 36.2 Å². The number of hydrogen-bond donors (Lipinski definition) is 0. The smallest absolute Gasteiger partial charge is 0.342 e. The van der Waals surface area contributed by atoms with Gasteiger partial charge in [0.05, 0.1) is 5.92 Å². The minimum atomic E-state index is -4.28. The van der Waals surface area contributed by atoms with Gasteiger partial charge < -0.3 is 4.90 Å². The third-order valence-electron chi connectivity index (χ3n) is 5.09. The first-order valence-electron chi connectivity index (χ1n) is 8.59. The number of thiophene rings is 1. The van der Waals surface area contributed by atoms with Crippen molar-refractivity contribution in [2.45, 2.75) is 36.1 Å². The van der Waals surface area contributed by atoms with Gasteiger partial charge >= 0.3 is 6.18 Å². The highest BCUT2D eigenvalue weighted by atomic mass is 32.2. The molecule has 10 heteroatoms. The lowest BCUT2D eigenvalue weighted by atomic mass is 9.92. The van der Waals surface area contributed by atoms with Crippen LogP contribution in [-0.4, -0.2) is 55.9 Å². The van der Waals surface area contributed by atoms with E-state index in [1.807, 2.05) is 0 Å². The van der Waals surface area contributed by atoms with Crippen molar-refractivity contribution >= 4 is 27.3 Å². The van der Waals surface area contributed by atoms with E-state index in [2.05, 4.69) is 0 Å². The van der Waals surface area contributed by atoms with Crippen LogP contribution in [0.1, 0.15) is 25.7 Å². The molecule has 2 aliphatic heterocycles. The highest BCUT2D eigenvalue weighted by Gasteiger charge is 2.44. The van der Waals surface area contributed by atoms with Crippen LogP contribution in [0.15, 0.2) is 21.7 Å². The summed E-state index contributed by atoms with van der Waals surface area (Å²) in [5.41, 5.74) is 0. The van der Waals surface area contributed by atoms with E-state index in [0.717, 1.165) is 11.3 Å². The van der Waals surface area contributed by atoms with Gasteiger partial charge in [0, 0.05) is 32.1 Å². The van der Waals surface area contributed by atoms with Crippen molar-refractivity contribution in [3.8, 4) is 0 Å². The maximum atomic E-state index is 12.9. The summed E-state index contributed by atoms with van der Waals surface area (Å²) >= 11 is 1.14. The van der Waals surface area contributed by atoms with E-state index in [9.17, 15) is 26.4 Å². The van der Waals surface area contributed by atoms with Gasteiger partial charge in [0.1, 0.15) is 4.21 Å². The Morgan fingerprint density at radius 3 is 2.42 bits per heavy atom. The average Bonchev–Trinajstić information content (AvgIpc) is 3.16. The first-order valence-corrected chi connectivity index (χ1v) is 10.9. The van der Waals surface area contributed by atoms with E-state index in [1.165, 1.54) is 9.21 Å². The Morgan fingerprint density at radius 2 is 1.85 bits per heavy atom. The summed E-state index contributed by atoms with van der Waals surface area (Å²) in [7, 11) is -3.54. The zero-order valence-corrected chi connectivity index (χ0v) is 15.7. The van der Waals surface area contributed by atoms with Gasteiger partial charge in [-0.1, -0.05) is 6.07 Å². The second-order valence-corrected chi connectivity index (χ2v) is 9.89. The third kappa shape index (κ3) is 4.07. The highest BCUT2D eigenvalue weighted by Crippen LogP contribution is 2.34. The van der Waals surface area contributed by atoms with Crippen molar-refractivity contribution in [1.29, 1.82) is 0 Å². The number of piperidine rings is 2. The number of amides is 1. The molecule has 146 valence electrons. The predicted molar refractivity (Wildman–Crippen MR) is 91.2 cm³/mol. The van der Waals surface area contributed by atoms with Gasteiger partial charge in [-0.25, -0.2) is 8.42 Å². The van der Waals surface area contributed by atoms with Crippen molar-refractivity contribution in [3.63, 3.8) is 0 Å². The summed E-state index contributed by atoms with van der Waals surface area (Å²) in [6.45, 7) is 0.496. The van der Waals surface area contributed by atoms with Crippen LogP contribution in [0.2, 0.25) is 0 Å². The summed E-state index contributed by atoms with van der Waals surface area (Å²) in [6.07, 6.45) is -3.18. The van der Waals surface area contributed by atoms with E-state index >= 15 is 0 Å². The molecule has 0 aromatic carbocycles. The van der Waals surface area contributed by atoms with Crippen molar-refractivity contribution < 1.29 is 26.4 Å². The van der Waals surface area contributed by atoms with E-state index < -0.39 is 28.0 Å². The number of nitrogens with zero attached hydrogens (tertiary/aromatic N) is 2. The van der Waals surface area contributed by atoms with Gasteiger partial charge in [0.25, 0.3) is 10.0 Å². The Balaban J connectivity index is 1.59. The van der Waals surface area contributed by atoms with Crippen LogP contribution < -0.4 is 0 Å². The normalized spacial score (nSPS) is 24.0. The van der Waals surface area contributed by atoms with Crippen LogP contribution >= 0.6 is 11.3 Å². The van der Waals surface area contributed by atoms with Gasteiger partial charge in [0.15, 0.2) is 0 Å². The van der Waals surface area contributed by atoms with Crippen LogP contribution in [0, 0.1) is 11.8 Å². The van der Waals surface area contributed by atoms with Gasteiger partial charge in [-0.2, -0.15) is 17.5 Å². The van der Waals surface area contributed by atoms with Gasteiger partial charge in [0.2, 0.25) is 5.91 Å². The molecule has 0 unspecified atom stereocenters. The zero-order valence-electron chi connectivity index (χ0n) is 14.1. The molecular formula is C16H21F3N2O3S2. The fourth-order valence-corrected chi connectivity index (χ4v) is 6.20. The molecule has 0 N–H and O–H groups in total. The Hall–Kier alpha value is -1.13. The molecule has 0 radical (unpaired) electrons. The van der Waals surface area contributed by atoms with Crippen LogP contribution in [0.5, 0.6) is 0 Å². The molecule has 0 saturated carbocycles. The number of carbonyl (C=O) groups is 1. The standard InChI is InChI=1S/C16H21F3N2O3S2/c17-16(18,19)13-3-1-7-20(11-13)15(22)12-5-8-21(9-6-12)26(23,24)14-4-2-10-25-14/h2,4,10,12-13H,1,3,5-9,11H2/t13-/m0/s1. The highest BCUT2D eigenvalue weighted by molar-refractivity contribution is 7.91. The first-order chi connectivity index (χ1) is 12.2. The first kappa shape index (κ1) is 19.6. The van der Waals surface area contributed by atoms with E-state index in [1.54, 1.807) is 17.5 Å². The maximum Gasteiger partial charge on any atom is 0.393 e. The molecule has 3 heterocycles. The molecule has 0 spiro atoms. The molecule has 2 saturated heterocycles. The lowest BCUT2D eigenvalue weighted by Crippen LogP contribution is -2.49. The minimum Gasteiger partial charge on any atom is -0.342 e. The SMILES string of the molecule is O=C(C1CCN(S(=O)(=O)c2cccs2)CC1)N1CCC[C@H](C(F)(F)F)C1. The van der Waals surface area contributed by atoms with E-state index in [0.29, 0.717) is 25.8 Å². The van der Waals surface area contributed by atoms with Crippen molar-refractivity contribution in [2.75, 3.05) is 26.2 Å². The van der Waals surface area contributed by atoms with Gasteiger partial charge in [-0.05, 0) is 37.1 Å². The molecule has 0 aliphatic carbocycles. The molecule has 2 fully saturated rings. The second kappa shape index (κ2) is 7.47. The van der Waals surface area contributed by atoms with E-state index in [4.69, 9.17) is 0 Å². The molecule has 3 rings (SSSR count). The molecule has 1 aromatic rings. The summed E-state index contributed by atoms with van der Waals surface area (Å²) in [5.74, 6) is -2.14. The molecule has 2 aliphatic rings. The molecule has 26 heavy (non-hydrogen) atoms. The quantitative estimate of drug-likeness (QED) is 0.770. The number of likely N-dealkylation sites (tertiary alicyclic amines) is 1. The summed E-state index contributed by atoms with van der Waals surface area (Å²) in [5, 5.41) is 1.69. The third-order valence-corrected chi connectivity index (χ3v) is 8.36. The Labute approximate surface area is 154 Å². The molecule has 1 amide bonds. The zero-order chi connectivity index (χ0) is 18.9. The lowest BCUT2D eigenvalue weighted by molar-refractivity contribution is -0.188. The summed E-state index contributed by atoms with van der Waals surface area (Å²) in [6, 6.07) is 3.21. The monoisotopic (exact) mass is 410 g/mol. The fraction of sp³-hybridized carbons (Fsp3) is 0.688. The molecule has 1 atom stereocenters. The largest absolute Gasteiger partial charge is 0.393 e. The Kier molecular flexibility index (Phi) is 5.64. The summed E-state index contributed by atoms with van der Waals surface area (Å²) in [4.78, 5) is 13.9. The number of carbonyl (C=O) groups excluding carboxylic acids is 1. The minimum absolute atomic E-state index is 0.0603.